The van der Waals surface area contributed by atoms with Crippen LogP contribution in [0.4, 0.5) is 5.69 Å². The number of aryl methyl sites for hydroxylation is 3. The summed E-state index contributed by atoms with van der Waals surface area (Å²) in [5.41, 5.74) is 4.00. The molecule has 2 aromatic carbocycles. The number of rotatable bonds is 12. The molecular formula is C28H42N4O4S. The standard InChI is InChI=1S/C28H42N4O4S/c1-9-23(6)29-28(34)25(10-2)31(18-24-15-12-20(3)13-16-24)27(33)19-32(37(35,36)30(7)8)26-17-21(4)11-14-22(26)5/h11-17,23,25H,9-10,18-19H2,1-8H3,(H,29,34)/t23-,25-/m1/s1. The summed E-state index contributed by atoms with van der Waals surface area (Å²) >= 11 is 0. The van der Waals surface area contributed by atoms with Crippen molar-refractivity contribution in [3.05, 3.63) is 64.7 Å². The Morgan fingerprint density at radius 1 is 0.919 bits per heavy atom. The smallest absolute Gasteiger partial charge is 0.304 e. The maximum Gasteiger partial charge on any atom is 0.304 e. The van der Waals surface area contributed by atoms with Crippen LogP contribution in [0.1, 0.15) is 55.9 Å². The van der Waals surface area contributed by atoms with Gasteiger partial charge in [-0.2, -0.15) is 12.7 Å². The molecule has 2 aromatic rings. The van der Waals surface area contributed by atoms with Crippen LogP contribution in [0.15, 0.2) is 42.5 Å². The van der Waals surface area contributed by atoms with Crippen LogP contribution in [0.2, 0.25) is 0 Å². The van der Waals surface area contributed by atoms with Gasteiger partial charge in [-0.05, 0) is 63.3 Å². The Labute approximate surface area is 222 Å². The van der Waals surface area contributed by atoms with E-state index in [1.54, 1.807) is 6.07 Å². The summed E-state index contributed by atoms with van der Waals surface area (Å²) in [4.78, 5) is 28.7. The molecule has 0 spiro atoms. The highest BCUT2D eigenvalue weighted by Gasteiger charge is 2.34. The molecule has 8 nitrogen and oxygen atoms in total. The van der Waals surface area contributed by atoms with Crippen molar-refractivity contribution < 1.29 is 18.0 Å². The molecule has 0 fully saturated rings. The van der Waals surface area contributed by atoms with E-state index < -0.39 is 28.7 Å². The Morgan fingerprint density at radius 3 is 2.05 bits per heavy atom. The van der Waals surface area contributed by atoms with Crippen LogP contribution in [-0.2, 0) is 26.3 Å². The van der Waals surface area contributed by atoms with E-state index in [2.05, 4.69) is 5.32 Å². The first kappa shape index (κ1) is 30.3. The minimum absolute atomic E-state index is 0.0431. The molecule has 2 amide bonds. The molecule has 37 heavy (non-hydrogen) atoms. The van der Waals surface area contributed by atoms with E-state index in [-0.39, 0.29) is 18.5 Å². The number of hydrogen-bond donors (Lipinski definition) is 1. The van der Waals surface area contributed by atoms with Gasteiger partial charge >= 0.3 is 10.2 Å². The molecule has 9 heteroatoms. The lowest BCUT2D eigenvalue weighted by Crippen LogP contribution is -2.54. The van der Waals surface area contributed by atoms with E-state index in [0.29, 0.717) is 12.1 Å². The molecule has 0 aliphatic heterocycles. The Kier molecular flexibility index (Phi) is 10.7. The fourth-order valence-electron chi connectivity index (χ4n) is 3.94. The highest BCUT2D eigenvalue weighted by atomic mass is 32.2. The Balaban J connectivity index is 2.55. The number of nitrogens with zero attached hydrogens (tertiary/aromatic N) is 3. The molecule has 0 heterocycles. The molecule has 0 aliphatic carbocycles. The summed E-state index contributed by atoms with van der Waals surface area (Å²) in [5, 5.41) is 2.99. The number of anilines is 1. The van der Waals surface area contributed by atoms with Gasteiger partial charge in [0.25, 0.3) is 0 Å². The summed E-state index contributed by atoms with van der Waals surface area (Å²) < 4.78 is 29.1. The average molecular weight is 531 g/mol. The third kappa shape index (κ3) is 7.79. The molecule has 0 bridgehead atoms. The van der Waals surface area contributed by atoms with Crippen molar-refractivity contribution >= 4 is 27.7 Å². The van der Waals surface area contributed by atoms with Crippen LogP contribution >= 0.6 is 0 Å². The number of nitrogens with one attached hydrogen (secondary N) is 1. The highest BCUT2D eigenvalue weighted by molar-refractivity contribution is 7.90. The van der Waals surface area contributed by atoms with Crippen LogP contribution in [0.3, 0.4) is 0 Å². The minimum Gasteiger partial charge on any atom is -0.352 e. The van der Waals surface area contributed by atoms with Crippen molar-refractivity contribution in [3.8, 4) is 0 Å². The largest absolute Gasteiger partial charge is 0.352 e. The van der Waals surface area contributed by atoms with Crippen molar-refractivity contribution in [3.63, 3.8) is 0 Å². The first-order chi connectivity index (χ1) is 17.3. The van der Waals surface area contributed by atoms with Gasteiger partial charge < -0.3 is 10.2 Å². The van der Waals surface area contributed by atoms with Gasteiger partial charge in [0.2, 0.25) is 11.8 Å². The predicted octanol–water partition coefficient (Wildman–Crippen LogP) is 3.95. The minimum atomic E-state index is -4.00. The molecule has 0 saturated heterocycles. The molecule has 0 radical (unpaired) electrons. The lowest BCUT2D eigenvalue weighted by atomic mass is 10.1. The summed E-state index contributed by atoms with van der Waals surface area (Å²) in [5.74, 6) is -0.691. The van der Waals surface area contributed by atoms with Gasteiger partial charge in [0.15, 0.2) is 0 Å². The zero-order valence-electron chi connectivity index (χ0n) is 23.4. The molecule has 0 aromatic heterocycles. The SMILES string of the molecule is CC[C@@H](C)NC(=O)[C@@H](CC)N(Cc1ccc(C)cc1)C(=O)CN(c1cc(C)ccc1C)S(=O)(=O)N(C)C. The van der Waals surface area contributed by atoms with Crippen LogP contribution < -0.4 is 9.62 Å². The van der Waals surface area contributed by atoms with Crippen LogP contribution in [0, 0.1) is 20.8 Å². The molecule has 204 valence electrons. The predicted molar refractivity (Wildman–Crippen MR) is 150 cm³/mol. The Morgan fingerprint density at radius 2 is 1.51 bits per heavy atom. The van der Waals surface area contributed by atoms with E-state index in [9.17, 15) is 18.0 Å². The lowest BCUT2D eigenvalue weighted by Gasteiger charge is -2.34. The van der Waals surface area contributed by atoms with Gasteiger partial charge in [-0.25, -0.2) is 4.31 Å². The van der Waals surface area contributed by atoms with Gasteiger partial charge in [0.05, 0.1) is 5.69 Å². The van der Waals surface area contributed by atoms with Gasteiger partial charge in [0.1, 0.15) is 12.6 Å². The number of carbonyl (C=O) groups is 2. The van der Waals surface area contributed by atoms with Crippen LogP contribution in [0.25, 0.3) is 0 Å². The maximum absolute atomic E-state index is 13.9. The number of carbonyl (C=O) groups excluding carboxylic acids is 2. The fourth-order valence-corrected chi connectivity index (χ4v) is 5.05. The molecule has 2 atom stereocenters. The van der Waals surface area contributed by atoms with E-state index in [1.165, 1.54) is 19.0 Å². The fraction of sp³-hybridized carbons (Fsp3) is 0.500. The third-order valence-corrected chi connectivity index (χ3v) is 8.32. The van der Waals surface area contributed by atoms with Crippen LogP contribution in [-0.4, -0.2) is 62.2 Å². The monoisotopic (exact) mass is 530 g/mol. The van der Waals surface area contributed by atoms with Crippen molar-refractivity contribution in [1.82, 2.24) is 14.5 Å². The van der Waals surface area contributed by atoms with Gasteiger partial charge in [-0.15, -0.1) is 0 Å². The topological polar surface area (TPSA) is 90.0 Å². The van der Waals surface area contributed by atoms with Crippen LogP contribution in [0.5, 0.6) is 0 Å². The second-order valence-electron chi connectivity index (χ2n) is 9.84. The molecule has 0 aliphatic rings. The molecule has 0 saturated carbocycles. The maximum atomic E-state index is 13.9. The van der Waals surface area contributed by atoms with E-state index >= 15 is 0 Å². The average Bonchev–Trinajstić information content (AvgIpc) is 2.84. The second kappa shape index (κ2) is 13.1. The van der Waals surface area contributed by atoms with Gasteiger partial charge in [-0.1, -0.05) is 55.8 Å². The van der Waals surface area contributed by atoms with E-state index in [1.807, 2.05) is 77.9 Å². The molecule has 1 N–H and O–H groups in total. The number of benzene rings is 2. The van der Waals surface area contributed by atoms with Gasteiger partial charge in [0, 0.05) is 26.7 Å². The van der Waals surface area contributed by atoms with Gasteiger partial charge in [-0.3, -0.25) is 9.59 Å². The zero-order chi connectivity index (χ0) is 27.9. The van der Waals surface area contributed by atoms with Crippen molar-refractivity contribution in [2.24, 2.45) is 0 Å². The number of hydrogen-bond acceptors (Lipinski definition) is 4. The Bertz CT molecular complexity index is 1180. The molecular weight excluding hydrogens is 488 g/mol. The van der Waals surface area contributed by atoms with E-state index in [4.69, 9.17) is 0 Å². The summed E-state index contributed by atoms with van der Waals surface area (Å²) in [6.45, 7) is 11.2. The quantitative estimate of drug-likeness (QED) is 0.450. The molecule has 0 unspecified atom stereocenters. The first-order valence-corrected chi connectivity index (χ1v) is 14.1. The van der Waals surface area contributed by atoms with Crippen molar-refractivity contribution in [2.75, 3.05) is 24.9 Å². The first-order valence-electron chi connectivity index (χ1n) is 12.7. The summed E-state index contributed by atoms with van der Waals surface area (Å²) in [6, 6.07) is 12.5. The zero-order valence-corrected chi connectivity index (χ0v) is 24.2. The second-order valence-corrected chi connectivity index (χ2v) is 11.9. The molecule has 2 rings (SSSR count). The summed E-state index contributed by atoms with van der Waals surface area (Å²) in [6.07, 6.45) is 1.15. The highest BCUT2D eigenvalue weighted by Crippen LogP contribution is 2.26. The summed E-state index contributed by atoms with van der Waals surface area (Å²) in [7, 11) is -1.11. The number of amides is 2. The Hall–Kier alpha value is -2.91. The normalized spacial score (nSPS) is 13.2. The van der Waals surface area contributed by atoms with Crippen molar-refractivity contribution in [1.29, 1.82) is 0 Å². The lowest BCUT2D eigenvalue weighted by molar-refractivity contribution is -0.140. The van der Waals surface area contributed by atoms with E-state index in [0.717, 1.165) is 37.3 Å². The third-order valence-electron chi connectivity index (χ3n) is 6.51. The van der Waals surface area contributed by atoms with Crippen molar-refractivity contribution in [2.45, 2.75) is 73.0 Å².